The van der Waals surface area contributed by atoms with Gasteiger partial charge in [0, 0.05) is 7.11 Å². The second-order valence-electron chi connectivity index (χ2n) is 3.03. The summed E-state index contributed by atoms with van der Waals surface area (Å²) < 4.78 is 9.46. The second kappa shape index (κ2) is 3.87. The highest BCUT2D eigenvalue weighted by atomic mass is 16.7. The lowest BCUT2D eigenvalue weighted by molar-refractivity contribution is -0.334. The molecule has 0 aromatic heterocycles. The fourth-order valence-electron chi connectivity index (χ4n) is 1.30. The Balaban J connectivity index is 2.74. The summed E-state index contributed by atoms with van der Waals surface area (Å²) in [4.78, 5) is 0. The molecule has 1 rings (SSSR count). The van der Waals surface area contributed by atoms with E-state index in [9.17, 15) is 15.3 Å². The van der Waals surface area contributed by atoms with Crippen LogP contribution >= 0.6 is 0 Å². The van der Waals surface area contributed by atoms with E-state index in [1.165, 1.54) is 7.11 Å². The van der Waals surface area contributed by atoms with Crippen molar-refractivity contribution in [2.24, 2.45) is 0 Å². The molecular weight excluding hydrogens is 180 g/mol. The first-order valence-corrected chi connectivity index (χ1v) is 3.91. The van der Waals surface area contributed by atoms with E-state index in [1.807, 2.05) is 0 Å². The Labute approximate surface area is 75.3 Å². The SMILES string of the molecule is CO[C@@H]1[C@H](O)CO[C@@](O)(CO)[C@H]1O. The van der Waals surface area contributed by atoms with E-state index < -0.39 is 30.7 Å². The van der Waals surface area contributed by atoms with E-state index in [0.29, 0.717) is 0 Å². The molecule has 0 radical (unpaired) electrons. The first kappa shape index (κ1) is 10.8. The molecule has 78 valence electrons. The fraction of sp³-hybridized carbons (Fsp3) is 1.00. The van der Waals surface area contributed by atoms with Crippen molar-refractivity contribution < 1.29 is 29.9 Å². The van der Waals surface area contributed by atoms with Crippen LogP contribution in [0.4, 0.5) is 0 Å². The van der Waals surface area contributed by atoms with Gasteiger partial charge in [0.2, 0.25) is 5.79 Å². The average Bonchev–Trinajstić information content (AvgIpc) is 2.13. The van der Waals surface area contributed by atoms with E-state index in [0.717, 1.165) is 0 Å². The number of aliphatic hydroxyl groups is 4. The molecule has 0 unspecified atom stereocenters. The number of hydrogen-bond donors (Lipinski definition) is 4. The third kappa shape index (κ3) is 1.83. The summed E-state index contributed by atoms with van der Waals surface area (Å²) in [5.41, 5.74) is 0. The molecule has 0 spiro atoms. The molecule has 0 saturated carbocycles. The summed E-state index contributed by atoms with van der Waals surface area (Å²) in [7, 11) is 1.29. The Morgan fingerprint density at radius 2 is 2.15 bits per heavy atom. The average molecular weight is 194 g/mol. The van der Waals surface area contributed by atoms with Gasteiger partial charge in [0.15, 0.2) is 0 Å². The van der Waals surface area contributed by atoms with Crippen LogP contribution in [0.15, 0.2) is 0 Å². The molecule has 1 heterocycles. The van der Waals surface area contributed by atoms with Gasteiger partial charge >= 0.3 is 0 Å². The number of aliphatic hydroxyl groups excluding tert-OH is 3. The zero-order chi connectivity index (χ0) is 10.1. The molecule has 1 aliphatic heterocycles. The van der Waals surface area contributed by atoms with Gasteiger partial charge in [-0.25, -0.2) is 0 Å². The molecule has 0 aromatic carbocycles. The monoisotopic (exact) mass is 194 g/mol. The smallest absolute Gasteiger partial charge is 0.218 e. The maximum absolute atomic E-state index is 9.45. The molecule has 13 heavy (non-hydrogen) atoms. The summed E-state index contributed by atoms with van der Waals surface area (Å²) in [5, 5.41) is 36.9. The highest BCUT2D eigenvalue weighted by Crippen LogP contribution is 2.24. The van der Waals surface area contributed by atoms with Gasteiger partial charge in [-0.2, -0.15) is 0 Å². The third-order valence-electron chi connectivity index (χ3n) is 2.16. The van der Waals surface area contributed by atoms with Gasteiger partial charge in [-0.1, -0.05) is 0 Å². The Bertz CT molecular complexity index is 174. The first-order chi connectivity index (χ1) is 6.05. The maximum atomic E-state index is 9.45. The summed E-state index contributed by atoms with van der Waals surface area (Å²) in [6.07, 6.45) is -3.43. The third-order valence-corrected chi connectivity index (χ3v) is 2.16. The number of rotatable bonds is 2. The molecule has 0 amide bonds. The zero-order valence-electron chi connectivity index (χ0n) is 7.25. The maximum Gasteiger partial charge on any atom is 0.218 e. The van der Waals surface area contributed by atoms with E-state index >= 15 is 0 Å². The predicted molar refractivity (Wildman–Crippen MR) is 40.8 cm³/mol. The van der Waals surface area contributed by atoms with Crippen LogP contribution < -0.4 is 0 Å². The first-order valence-electron chi connectivity index (χ1n) is 3.91. The molecule has 4 N–H and O–H groups in total. The van der Waals surface area contributed by atoms with Crippen molar-refractivity contribution in [1.29, 1.82) is 0 Å². The van der Waals surface area contributed by atoms with Gasteiger partial charge in [-0.15, -0.1) is 0 Å². The van der Waals surface area contributed by atoms with Crippen molar-refractivity contribution in [2.45, 2.75) is 24.1 Å². The molecule has 1 saturated heterocycles. The van der Waals surface area contributed by atoms with Crippen LogP contribution in [-0.2, 0) is 9.47 Å². The van der Waals surface area contributed by atoms with E-state index in [4.69, 9.17) is 14.6 Å². The minimum Gasteiger partial charge on any atom is -0.391 e. The molecule has 0 aliphatic carbocycles. The minimum atomic E-state index is -2.04. The molecule has 6 heteroatoms. The van der Waals surface area contributed by atoms with Gasteiger partial charge in [0.1, 0.15) is 18.3 Å². The van der Waals surface area contributed by atoms with Gasteiger partial charge in [0.05, 0.1) is 13.2 Å². The molecular formula is C7H14O6. The number of methoxy groups -OCH3 is 1. The van der Waals surface area contributed by atoms with E-state index in [1.54, 1.807) is 0 Å². The van der Waals surface area contributed by atoms with Crippen LogP contribution in [0.5, 0.6) is 0 Å². The van der Waals surface area contributed by atoms with Gasteiger partial charge in [-0.3, -0.25) is 0 Å². The summed E-state index contributed by atoms with van der Waals surface area (Å²) >= 11 is 0. The van der Waals surface area contributed by atoms with Crippen molar-refractivity contribution in [3.8, 4) is 0 Å². The van der Waals surface area contributed by atoms with Gasteiger partial charge < -0.3 is 29.9 Å². The molecule has 0 bridgehead atoms. The summed E-state index contributed by atoms with van der Waals surface area (Å²) in [6.45, 7) is -0.937. The minimum absolute atomic E-state index is 0.188. The summed E-state index contributed by atoms with van der Waals surface area (Å²) in [5.74, 6) is -2.04. The topological polar surface area (TPSA) is 99.4 Å². The van der Waals surface area contributed by atoms with Crippen molar-refractivity contribution in [1.82, 2.24) is 0 Å². The predicted octanol–water partition coefficient (Wildman–Crippen LogP) is -2.57. The molecule has 1 fully saturated rings. The van der Waals surface area contributed by atoms with Gasteiger partial charge in [0.25, 0.3) is 0 Å². The largest absolute Gasteiger partial charge is 0.391 e. The lowest BCUT2D eigenvalue weighted by atomic mass is 9.97. The van der Waals surface area contributed by atoms with Crippen LogP contribution in [0.2, 0.25) is 0 Å². The van der Waals surface area contributed by atoms with Crippen LogP contribution in [-0.4, -0.2) is 64.8 Å². The van der Waals surface area contributed by atoms with Crippen molar-refractivity contribution in [3.05, 3.63) is 0 Å². The normalized spacial score (nSPS) is 46.4. The van der Waals surface area contributed by atoms with Gasteiger partial charge in [-0.05, 0) is 0 Å². The lowest BCUT2D eigenvalue weighted by Gasteiger charge is -2.41. The van der Waals surface area contributed by atoms with E-state index in [2.05, 4.69) is 0 Å². The van der Waals surface area contributed by atoms with Crippen LogP contribution in [0.25, 0.3) is 0 Å². The second-order valence-corrected chi connectivity index (χ2v) is 3.03. The number of hydrogen-bond acceptors (Lipinski definition) is 6. The Morgan fingerprint density at radius 3 is 2.62 bits per heavy atom. The highest BCUT2D eigenvalue weighted by Gasteiger charge is 2.48. The van der Waals surface area contributed by atoms with Crippen molar-refractivity contribution in [2.75, 3.05) is 20.3 Å². The van der Waals surface area contributed by atoms with Crippen LogP contribution in [0, 0.1) is 0 Å². The Morgan fingerprint density at radius 1 is 1.54 bits per heavy atom. The van der Waals surface area contributed by atoms with E-state index in [-0.39, 0.29) is 6.61 Å². The van der Waals surface area contributed by atoms with Crippen LogP contribution in [0.1, 0.15) is 0 Å². The fourth-order valence-corrected chi connectivity index (χ4v) is 1.30. The Hall–Kier alpha value is -0.240. The lowest BCUT2D eigenvalue weighted by Crippen LogP contribution is -2.63. The highest BCUT2D eigenvalue weighted by molar-refractivity contribution is 4.91. The Kier molecular flexibility index (Phi) is 3.23. The molecule has 0 aromatic rings. The number of ether oxygens (including phenoxy) is 2. The quantitative estimate of drug-likeness (QED) is 0.386. The molecule has 6 nitrogen and oxygen atoms in total. The molecule has 1 aliphatic rings. The van der Waals surface area contributed by atoms with Crippen LogP contribution in [0.3, 0.4) is 0 Å². The zero-order valence-corrected chi connectivity index (χ0v) is 7.25. The standard InChI is InChI=1S/C7H14O6/c1-12-5-4(9)2-13-7(11,3-8)6(5)10/h4-6,8-11H,2-3H2,1H3/t4-,5-,6+,7+/m1/s1. The van der Waals surface area contributed by atoms with Crippen molar-refractivity contribution in [3.63, 3.8) is 0 Å². The molecule has 4 atom stereocenters. The summed E-state index contributed by atoms with van der Waals surface area (Å²) in [6, 6.07) is 0. The van der Waals surface area contributed by atoms with Crippen molar-refractivity contribution >= 4 is 0 Å².